The maximum absolute atomic E-state index is 10.9. The lowest BCUT2D eigenvalue weighted by atomic mass is 9.96. The molecule has 2 heterocycles. The van der Waals surface area contributed by atoms with Gasteiger partial charge in [-0.2, -0.15) is 10.5 Å². The molecular formula is C52H34N4. The van der Waals surface area contributed by atoms with E-state index in [-0.39, 0.29) is 0 Å². The van der Waals surface area contributed by atoms with E-state index in [1.165, 1.54) is 11.1 Å². The largest absolute Gasteiger partial charge is 0.307 e. The lowest BCUT2D eigenvalue weighted by Crippen LogP contribution is -2.05. The summed E-state index contributed by atoms with van der Waals surface area (Å²) in [6, 6.07) is 64.4. The second-order valence-corrected chi connectivity index (χ2v) is 14.6. The molecule has 0 N–H and O–H groups in total. The van der Waals surface area contributed by atoms with Crippen molar-refractivity contribution in [2.45, 2.75) is 13.8 Å². The summed E-state index contributed by atoms with van der Waals surface area (Å²) >= 11 is 0. The van der Waals surface area contributed by atoms with Crippen molar-refractivity contribution in [2.75, 3.05) is 0 Å². The molecule has 2 aromatic heterocycles. The van der Waals surface area contributed by atoms with Gasteiger partial charge in [0.05, 0.1) is 56.7 Å². The van der Waals surface area contributed by atoms with Gasteiger partial charge >= 0.3 is 0 Å². The smallest absolute Gasteiger partial charge is 0.0998 e. The predicted molar refractivity (Wildman–Crippen MR) is 230 cm³/mol. The minimum absolute atomic E-state index is 0.528. The highest BCUT2D eigenvalue weighted by Gasteiger charge is 2.23. The summed E-state index contributed by atoms with van der Waals surface area (Å²) in [7, 11) is 0. The zero-order valence-electron chi connectivity index (χ0n) is 31.0. The number of hydrogen-bond donors (Lipinski definition) is 0. The Labute approximate surface area is 325 Å². The van der Waals surface area contributed by atoms with Crippen LogP contribution in [0.15, 0.2) is 170 Å². The number of nitrogens with zero attached hydrogens (tertiary/aromatic N) is 4. The van der Waals surface area contributed by atoms with E-state index in [9.17, 15) is 10.5 Å². The molecule has 0 bridgehead atoms. The summed E-state index contributed by atoms with van der Waals surface area (Å²) in [4.78, 5) is 0. The first-order valence-electron chi connectivity index (χ1n) is 18.8. The highest BCUT2D eigenvalue weighted by molar-refractivity contribution is 6.13. The Morgan fingerprint density at radius 1 is 0.375 bits per heavy atom. The van der Waals surface area contributed by atoms with E-state index in [2.05, 4.69) is 175 Å². The van der Waals surface area contributed by atoms with Gasteiger partial charge in [-0.15, -0.1) is 0 Å². The van der Waals surface area contributed by atoms with Crippen molar-refractivity contribution >= 4 is 43.6 Å². The third-order valence-electron chi connectivity index (χ3n) is 11.1. The SMILES string of the molecule is Cc1ccc(-c2ccc3c4ccccc4n(-c4cc(C#N)c(-c5cccc(C#N)c5)cc4-n4c5ccccc5c5ccc(-c6ccc(C)cc6)cc54)c3c2)cc1. The number of aryl methyl sites for hydroxylation is 2. The number of hydrogen-bond acceptors (Lipinski definition) is 2. The number of rotatable bonds is 5. The van der Waals surface area contributed by atoms with Gasteiger partial charge in [0.15, 0.2) is 0 Å². The lowest BCUT2D eigenvalue weighted by Gasteiger charge is -2.20. The number of para-hydroxylation sites is 2. The van der Waals surface area contributed by atoms with E-state index < -0.39 is 0 Å². The average Bonchev–Trinajstić information content (AvgIpc) is 3.75. The van der Waals surface area contributed by atoms with E-state index in [1.54, 1.807) is 6.07 Å². The van der Waals surface area contributed by atoms with Crippen LogP contribution in [-0.4, -0.2) is 9.13 Å². The normalized spacial score (nSPS) is 11.4. The quantitative estimate of drug-likeness (QED) is 0.178. The van der Waals surface area contributed by atoms with Crippen LogP contribution in [0.3, 0.4) is 0 Å². The molecule has 0 saturated carbocycles. The molecular weight excluding hydrogens is 681 g/mol. The molecule has 0 atom stereocenters. The monoisotopic (exact) mass is 714 g/mol. The van der Waals surface area contributed by atoms with Crippen molar-refractivity contribution in [1.82, 2.24) is 9.13 Å². The van der Waals surface area contributed by atoms with Gasteiger partial charge in [0.1, 0.15) is 0 Å². The molecule has 0 unspecified atom stereocenters. The van der Waals surface area contributed by atoms with Gasteiger partial charge < -0.3 is 9.13 Å². The molecule has 10 aromatic rings. The molecule has 262 valence electrons. The van der Waals surface area contributed by atoms with Crippen LogP contribution in [0.4, 0.5) is 0 Å². The Morgan fingerprint density at radius 2 is 0.857 bits per heavy atom. The van der Waals surface area contributed by atoms with Gasteiger partial charge in [0.25, 0.3) is 0 Å². The molecule has 0 saturated heterocycles. The van der Waals surface area contributed by atoms with Crippen LogP contribution in [0.25, 0.3) is 88.4 Å². The Kier molecular flexibility index (Phi) is 7.66. The van der Waals surface area contributed by atoms with Crippen LogP contribution in [0.1, 0.15) is 22.3 Å². The van der Waals surface area contributed by atoms with Gasteiger partial charge in [0.2, 0.25) is 0 Å². The van der Waals surface area contributed by atoms with Crippen molar-refractivity contribution in [3.05, 3.63) is 192 Å². The molecule has 56 heavy (non-hydrogen) atoms. The fraction of sp³-hybridized carbons (Fsp3) is 0.0385. The van der Waals surface area contributed by atoms with Gasteiger partial charge in [-0.3, -0.25) is 0 Å². The summed E-state index contributed by atoms with van der Waals surface area (Å²) in [5, 5.41) is 25.3. The van der Waals surface area contributed by atoms with Crippen molar-refractivity contribution in [2.24, 2.45) is 0 Å². The minimum atomic E-state index is 0.528. The summed E-state index contributed by atoms with van der Waals surface area (Å²) < 4.78 is 4.69. The standard InChI is InChI=1S/C52H34N4/c1-33-14-18-36(19-15-33)38-22-24-44-42-10-3-5-12-47(42)55(49(44)27-38)51-29-41(32-54)46(40-9-7-8-35(26-40)31-53)30-52(51)56-48-13-6-4-11-43(48)45-25-23-39(28-50(45)56)37-20-16-34(2)17-21-37/h3-30H,1-2H3. The van der Waals surface area contributed by atoms with Crippen LogP contribution in [0, 0.1) is 36.5 Å². The third kappa shape index (κ3) is 5.28. The predicted octanol–water partition coefficient (Wildman–Crippen LogP) is 13.2. The van der Waals surface area contributed by atoms with Gasteiger partial charge in [0, 0.05) is 27.1 Å². The van der Waals surface area contributed by atoms with Crippen molar-refractivity contribution in [3.63, 3.8) is 0 Å². The van der Waals surface area contributed by atoms with Gasteiger partial charge in [-0.1, -0.05) is 132 Å². The van der Waals surface area contributed by atoms with E-state index in [1.807, 2.05) is 24.3 Å². The summed E-state index contributed by atoms with van der Waals surface area (Å²) in [6.45, 7) is 4.22. The molecule has 0 radical (unpaired) electrons. The van der Waals surface area contributed by atoms with Crippen molar-refractivity contribution < 1.29 is 0 Å². The van der Waals surface area contributed by atoms with E-state index in [4.69, 9.17) is 0 Å². The maximum Gasteiger partial charge on any atom is 0.0998 e. The second-order valence-electron chi connectivity index (χ2n) is 14.6. The van der Waals surface area contributed by atoms with Gasteiger partial charge in [-0.25, -0.2) is 0 Å². The Bertz CT molecular complexity index is 3270. The Balaban J connectivity index is 1.35. The highest BCUT2D eigenvalue weighted by Crippen LogP contribution is 2.42. The molecule has 0 aliphatic rings. The van der Waals surface area contributed by atoms with E-state index in [0.29, 0.717) is 11.1 Å². The zero-order chi connectivity index (χ0) is 37.9. The average molecular weight is 715 g/mol. The first-order valence-corrected chi connectivity index (χ1v) is 18.8. The zero-order valence-corrected chi connectivity index (χ0v) is 31.0. The fourth-order valence-corrected chi connectivity index (χ4v) is 8.33. The minimum Gasteiger partial charge on any atom is -0.307 e. The first kappa shape index (κ1) is 32.9. The van der Waals surface area contributed by atoms with Gasteiger partial charge in [-0.05, 0) is 90.2 Å². The van der Waals surface area contributed by atoms with Crippen LogP contribution in [0.5, 0.6) is 0 Å². The number of fused-ring (bicyclic) bond motifs is 6. The summed E-state index contributed by atoms with van der Waals surface area (Å²) in [5.41, 5.74) is 15.7. The molecule has 0 spiro atoms. The topological polar surface area (TPSA) is 57.4 Å². The Hall–Kier alpha value is -7.66. The number of nitriles is 2. The van der Waals surface area contributed by atoms with E-state index >= 15 is 0 Å². The molecule has 0 amide bonds. The second kappa shape index (κ2) is 13.0. The summed E-state index contributed by atoms with van der Waals surface area (Å²) in [6.07, 6.45) is 0. The van der Waals surface area contributed by atoms with Crippen LogP contribution in [-0.2, 0) is 0 Å². The molecule has 0 aliphatic heterocycles. The Morgan fingerprint density at radius 3 is 1.38 bits per heavy atom. The summed E-state index contributed by atoms with van der Waals surface area (Å²) in [5.74, 6) is 0. The maximum atomic E-state index is 10.9. The molecule has 4 heteroatoms. The number of aromatic nitrogens is 2. The van der Waals surface area contributed by atoms with E-state index in [0.717, 1.165) is 88.4 Å². The molecule has 0 fully saturated rings. The first-order chi connectivity index (χ1) is 27.5. The van der Waals surface area contributed by atoms with Crippen LogP contribution >= 0.6 is 0 Å². The number of benzene rings is 8. The molecule has 4 nitrogen and oxygen atoms in total. The highest BCUT2D eigenvalue weighted by atomic mass is 15.1. The van der Waals surface area contributed by atoms with Crippen LogP contribution in [0.2, 0.25) is 0 Å². The third-order valence-corrected chi connectivity index (χ3v) is 11.1. The van der Waals surface area contributed by atoms with Crippen LogP contribution < -0.4 is 0 Å². The molecule has 8 aromatic carbocycles. The molecule has 0 aliphatic carbocycles. The van der Waals surface area contributed by atoms with Crippen molar-refractivity contribution in [1.29, 1.82) is 10.5 Å². The fourth-order valence-electron chi connectivity index (χ4n) is 8.33. The molecule has 10 rings (SSSR count). The lowest BCUT2D eigenvalue weighted by molar-refractivity contribution is 1.09. The van der Waals surface area contributed by atoms with Crippen molar-refractivity contribution in [3.8, 4) is 56.9 Å².